The third kappa shape index (κ3) is 2.69. The maximum Gasteiger partial charge on any atom is 0.0454 e. The molecule has 0 aromatic heterocycles. The van der Waals surface area contributed by atoms with Gasteiger partial charge in [-0.15, -0.1) is 0 Å². The molecular formula is C12H16Cl2N2. The molecule has 0 aliphatic carbocycles. The fourth-order valence-corrected chi connectivity index (χ4v) is 2.65. The molecule has 1 aliphatic heterocycles. The highest BCUT2D eigenvalue weighted by Gasteiger charge is 2.23. The van der Waals surface area contributed by atoms with E-state index in [-0.39, 0.29) is 6.04 Å². The minimum absolute atomic E-state index is 0.00620. The number of nitrogens with one attached hydrogen (secondary N) is 1. The van der Waals surface area contributed by atoms with Crippen LogP contribution in [0.2, 0.25) is 10.0 Å². The molecule has 88 valence electrons. The van der Waals surface area contributed by atoms with Gasteiger partial charge in [0, 0.05) is 16.1 Å². The highest BCUT2D eigenvalue weighted by atomic mass is 35.5. The van der Waals surface area contributed by atoms with E-state index in [0.717, 1.165) is 36.5 Å². The van der Waals surface area contributed by atoms with Crippen LogP contribution in [0, 0.1) is 5.92 Å². The van der Waals surface area contributed by atoms with Gasteiger partial charge in [0.05, 0.1) is 0 Å². The van der Waals surface area contributed by atoms with Crippen LogP contribution in [0.4, 0.5) is 0 Å². The number of rotatable bonds is 2. The van der Waals surface area contributed by atoms with Crippen molar-refractivity contribution in [3.8, 4) is 0 Å². The van der Waals surface area contributed by atoms with E-state index in [0.29, 0.717) is 10.9 Å². The predicted molar refractivity (Wildman–Crippen MR) is 69.0 cm³/mol. The summed E-state index contributed by atoms with van der Waals surface area (Å²) < 4.78 is 0. The Morgan fingerprint density at radius 3 is 2.62 bits per heavy atom. The second-order valence-electron chi connectivity index (χ2n) is 4.28. The van der Waals surface area contributed by atoms with Gasteiger partial charge in [-0.1, -0.05) is 23.2 Å². The molecule has 3 N–H and O–H groups in total. The summed E-state index contributed by atoms with van der Waals surface area (Å²) in [5.74, 6) is 0.497. The predicted octanol–water partition coefficient (Wildman–Crippen LogP) is 2.99. The third-order valence-electron chi connectivity index (χ3n) is 3.21. The van der Waals surface area contributed by atoms with Gasteiger partial charge in [-0.2, -0.15) is 0 Å². The van der Waals surface area contributed by atoms with Crippen LogP contribution in [-0.2, 0) is 0 Å². The van der Waals surface area contributed by atoms with Crippen LogP contribution in [0.15, 0.2) is 18.2 Å². The molecule has 1 heterocycles. The van der Waals surface area contributed by atoms with Crippen molar-refractivity contribution in [2.24, 2.45) is 11.7 Å². The lowest BCUT2D eigenvalue weighted by atomic mass is 9.86. The molecule has 1 aromatic carbocycles. The Kier molecular flexibility index (Phi) is 4.09. The van der Waals surface area contributed by atoms with Crippen molar-refractivity contribution >= 4 is 23.2 Å². The molecule has 2 rings (SSSR count). The second-order valence-corrected chi connectivity index (χ2v) is 5.12. The number of nitrogens with two attached hydrogens (primary N) is 1. The Bertz CT molecular complexity index is 362. The maximum atomic E-state index is 6.27. The molecule has 1 aliphatic rings. The minimum atomic E-state index is -0.00620. The molecule has 1 atom stereocenters. The normalized spacial score (nSPS) is 19.7. The largest absolute Gasteiger partial charge is 0.324 e. The molecule has 0 unspecified atom stereocenters. The summed E-state index contributed by atoms with van der Waals surface area (Å²) in [7, 11) is 0. The van der Waals surface area contributed by atoms with Gasteiger partial charge in [0.15, 0.2) is 0 Å². The van der Waals surface area contributed by atoms with Gasteiger partial charge in [0.2, 0.25) is 0 Å². The monoisotopic (exact) mass is 258 g/mol. The first-order chi connectivity index (χ1) is 7.68. The molecule has 1 aromatic rings. The Balaban J connectivity index is 2.18. The molecule has 2 nitrogen and oxygen atoms in total. The number of halogens is 2. The molecule has 1 fully saturated rings. The van der Waals surface area contributed by atoms with Gasteiger partial charge >= 0.3 is 0 Å². The average molecular weight is 259 g/mol. The van der Waals surface area contributed by atoms with Crippen molar-refractivity contribution in [2.75, 3.05) is 13.1 Å². The van der Waals surface area contributed by atoms with Crippen molar-refractivity contribution in [1.29, 1.82) is 0 Å². The fourth-order valence-electron chi connectivity index (χ4n) is 2.23. The smallest absolute Gasteiger partial charge is 0.0454 e. The van der Waals surface area contributed by atoms with E-state index >= 15 is 0 Å². The second kappa shape index (κ2) is 5.37. The lowest BCUT2D eigenvalue weighted by Crippen LogP contribution is -2.33. The van der Waals surface area contributed by atoms with Crippen LogP contribution in [0.1, 0.15) is 24.4 Å². The zero-order valence-corrected chi connectivity index (χ0v) is 10.6. The van der Waals surface area contributed by atoms with Gasteiger partial charge < -0.3 is 11.1 Å². The van der Waals surface area contributed by atoms with E-state index in [9.17, 15) is 0 Å². The summed E-state index contributed by atoms with van der Waals surface area (Å²) in [6, 6.07) is 5.49. The van der Waals surface area contributed by atoms with Crippen molar-refractivity contribution < 1.29 is 0 Å². The van der Waals surface area contributed by atoms with Crippen molar-refractivity contribution in [1.82, 2.24) is 5.32 Å². The zero-order valence-electron chi connectivity index (χ0n) is 9.05. The van der Waals surface area contributed by atoms with E-state index in [2.05, 4.69) is 5.32 Å². The number of benzene rings is 1. The molecule has 16 heavy (non-hydrogen) atoms. The van der Waals surface area contributed by atoms with Crippen LogP contribution in [-0.4, -0.2) is 13.1 Å². The SMILES string of the molecule is N[C@@H](c1cc(Cl)ccc1Cl)C1CCNCC1. The van der Waals surface area contributed by atoms with Gasteiger partial charge in [0.1, 0.15) is 0 Å². The standard InChI is InChI=1S/C12H16Cl2N2/c13-9-1-2-11(14)10(7-9)12(15)8-3-5-16-6-4-8/h1-2,7-8,12,16H,3-6,15H2/t12-/m1/s1. The van der Waals surface area contributed by atoms with Gasteiger partial charge in [-0.25, -0.2) is 0 Å². The highest BCUT2D eigenvalue weighted by Crippen LogP contribution is 2.32. The van der Waals surface area contributed by atoms with Gasteiger partial charge in [-0.05, 0) is 55.6 Å². The minimum Gasteiger partial charge on any atom is -0.324 e. The van der Waals surface area contributed by atoms with E-state index in [1.807, 2.05) is 12.1 Å². The number of hydrogen-bond donors (Lipinski definition) is 2. The molecule has 1 saturated heterocycles. The summed E-state index contributed by atoms with van der Waals surface area (Å²) in [6.45, 7) is 2.08. The zero-order chi connectivity index (χ0) is 11.5. The Morgan fingerprint density at radius 1 is 1.25 bits per heavy atom. The molecule has 0 amide bonds. The van der Waals surface area contributed by atoms with E-state index in [1.54, 1.807) is 6.07 Å². The quantitative estimate of drug-likeness (QED) is 0.856. The maximum absolute atomic E-state index is 6.27. The fraction of sp³-hybridized carbons (Fsp3) is 0.500. The summed E-state index contributed by atoms with van der Waals surface area (Å²) >= 11 is 12.1. The topological polar surface area (TPSA) is 38.0 Å². The first-order valence-electron chi connectivity index (χ1n) is 5.59. The Morgan fingerprint density at radius 2 is 1.94 bits per heavy atom. The van der Waals surface area contributed by atoms with Crippen LogP contribution in [0.3, 0.4) is 0 Å². The third-order valence-corrected chi connectivity index (χ3v) is 3.79. The van der Waals surface area contributed by atoms with E-state index in [1.165, 1.54) is 0 Å². The van der Waals surface area contributed by atoms with E-state index < -0.39 is 0 Å². The molecule has 4 heteroatoms. The lowest BCUT2D eigenvalue weighted by molar-refractivity contribution is 0.322. The molecule has 0 radical (unpaired) electrons. The van der Waals surface area contributed by atoms with Crippen LogP contribution in [0.25, 0.3) is 0 Å². The number of piperidine rings is 1. The Hall–Kier alpha value is -0.280. The first kappa shape index (κ1) is 12.2. The van der Waals surface area contributed by atoms with Crippen molar-refractivity contribution in [3.05, 3.63) is 33.8 Å². The van der Waals surface area contributed by atoms with Gasteiger partial charge in [0.25, 0.3) is 0 Å². The Labute approximate surface area is 106 Å². The lowest BCUT2D eigenvalue weighted by Gasteiger charge is -2.28. The molecular weight excluding hydrogens is 243 g/mol. The van der Waals surface area contributed by atoms with Crippen LogP contribution in [0.5, 0.6) is 0 Å². The summed E-state index contributed by atoms with van der Waals surface area (Å²) in [5.41, 5.74) is 7.24. The van der Waals surface area contributed by atoms with E-state index in [4.69, 9.17) is 28.9 Å². The van der Waals surface area contributed by atoms with Crippen molar-refractivity contribution in [2.45, 2.75) is 18.9 Å². The summed E-state index contributed by atoms with van der Waals surface area (Å²) in [5, 5.41) is 4.75. The average Bonchev–Trinajstić information content (AvgIpc) is 2.32. The first-order valence-corrected chi connectivity index (χ1v) is 6.35. The molecule has 0 spiro atoms. The highest BCUT2D eigenvalue weighted by molar-refractivity contribution is 6.33. The molecule has 0 bridgehead atoms. The molecule has 0 saturated carbocycles. The summed E-state index contributed by atoms with van der Waals surface area (Å²) in [6.07, 6.45) is 2.20. The van der Waals surface area contributed by atoms with Gasteiger partial charge in [-0.3, -0.25) is 0 Å². The summed E-state index contributed by atoms with van der Waals surface area (Å²) in [4.78, 5) is 0. The van der Waals surface area contributed by atoms with Crippen molar-refractivity contribution in [3.63, 3.8) is 0 Å². The van der Waals surface area contributed by atoms with Crippen LogP contribution >= 0.6 is 23.2 Å². The number of hydrogen-bond acceptors (Lipinski definition) is 2. The van der Waals surface area contributed by atoms with Crippen LogP contribution < -0.4 is 11.1 Å².